The van der Waals surface area contributed by atoms with Crippen molar-refractivity contribution in [2.45, 2.75) is 9.79 Å². The molecule has 0 amide bonds. The summed E-state index contributed by atoms with van der Waals surface area (Å²) in [5, 5.41) is 0. The van der Waals surface area contributed by atoms with Crippen LogP contribution in [0.1, 0.15) is 0 Å². The van der Waals surface area contributed by atoms with Crippen LogP contribution in [-0.4, -0.2) is 98.0 Å². The van der Waals surface area contributed by atoms with Crippen LogP contribution in [0.2, 0.25) is 0 Å². The van der Waals surface area contributed by atoms with E-state index in [0.717, 1.165) is 4.31 Å². The quantitative estimate of drug-likeness (QED) is 0.469. The first kappa shape index (κ1) is 26.2. The second kappa shape index (κ2) is 10.9. The molecule has 1 aliphatic heterocycles. The minimum Gasteiger partial charge on any atom is -0.493 e. The van der Waals surface area contributed by atoms with Gasteiger partial charge in [0, 0.05) is 52.9 Å². The molecule has 1 heterocycles. The lowest BCUT2D eigenvalue weighted by molar-refractivity contribution is 0.159. The third-order valence-electron chi connectivity index (χ3n) is 5.60. The smallest absolute Gasteiger partial charge is 0.243 e. The molecule has 2 aromatic rings. The van der Waals surface area contributed by atoms with Crippen molar-refractivity contribution in [2.24, 2.45) is 0 Å². The van der Waals surface area contributed by atoms with E-state index < -0.39 is 20.0 Å². The highest BCUT2D eigenvalue weighted by Crippen LogP contribution is 2.31. The number of hydrogen-bond acceptors (Lipinski definition) is 8. The topological polar surface area (TPSA) is 106 Å². The Balaban J connectivity index is 1.51. The lowest BCUT2D eigenvalue weighted by Gasteiger charge is -2.33. The second-order valence-electron chi connectivity index (χ2n) is 7.87. The van der Waals surface area contributed by atoms with Gasteiger partial charge >= 0.3 is 0 Å². The van der Waals surface area contributed by atoms with E-state index in [9.17, 15) is 16.8 Å². The molecule has 1 fully saturated rings. The summed E-state index contributed by atoms with van der Waals surface area (Å²) in [5.74, 6) is 1.42. The zero-order valence-electron chi connectivity index (χ0n) is 19.8. The molecule has 3 rings (SSSR count). The van der Waals surface area contributed by atoms with Crippen molar-refractivity contribution >= 4 is 20.0 Å². The molecule has 12 heteroatoms. The van der Waals surface area contributed by atoms with Crippen molar-refractivity contribution in [1.82, 2.24) is 13.5 Å². The van der Waals surface area contributed by atoms with E-state index >= 15 is 0 Å². The molecule has 1 saturated heterocycles. The van der Waals surface area contributed by atoms with Gasteiger partial charge in [0.1, 0.15) is 12.4 Å². The van der Waals surface area contributed by atoms with Crippen LogP contribution in [0.3, 0.4) is 0 Å². The number of piperazine rings is 1. The average molecular weight is 514 g/mol. The van der Waals surface area contributed by atoms with Crippen LogP contribution in [0.4, 0.5) is 0 Å². The Morgan fingerprint density at radius 3 is 1.97 bits per heavy atom. The first-order valence-corrected chi connectivity index (χ1v) is 13.6. The maximum Gasteiger partial charge on any atom is 0.243 e. The summed E-state index contributed by atoms with van der Waals surface area (Å²) in [7, 11) is -1.18. The highest BCUT2D eigenvalue weighted by atomic mass is 32.2. The number of ether oxygens (including phenoxy) is 3. The number of methoxy groups -OCH3 is 2. The third kappa shape index (κ3) is 5.81. The molecular weight excluding hydrogens is 482 g/mol. The third-order valence-corrected chi connectivity index (χ3v) is 9.33. The van der Waals surface area contributed by atoms with Crippen molar-refractivity contribution in [1.29, 1.82) is 0 Å². The van der Waals surface area contributed by atoms with Gasteiger partial charge in [-0.15, -0.1) is 0 Å². The van der Waals surface area contributed by atoms with E-state index in [1.54, 1.807) is 18.2 Å². The average Bonchev–Trinajstić information content (AvgIpc) is 2.84. The van der Waals surface area contributed by atoms with Crippen LogP contribution in [-0.2, 0) is 20.0 Å². The van der Waals surface area contributed by atoms with Gasteiger partial charge in [-0.3, -0.25) is 4.90 Å². The fraction of sp³-hybridized carbons (Fsp3) is 0.455. The molecule has 0 N–H and O–H groups in total. The zero-order valence-corrected chi connectivity index (χ0v) is 21.4. The Hall–Kier alpha value is -2.38. The van der Waals surface area contributed by atoms with Crippen LogP contribution in [0.5, 0.6) is 17.2 Å². The summed E-state index contributed by atoms with van der Waals surface area (Å²) in [5.41, 5.74) is 0. The van der Waals surface area contributed by atoms with Crippen molar-refractivity contribution in [3.8, 4) is 17.2 Å². The van der Waals surface area contributed by atoms with Crippen LogP contribution in [0.25, 0.3) is 0 Å². The predicted molar refractivity (Wildman–Crippen MR) is 128 cm³/mol. The molecule has 0 aliphatic carbocycles. The van der Waals surface area contributed by atoms with E-state index in [-0.39, 0.29) is 9.79 Å². The van der Waals surface area contributed by atoms with Gasteiger partial charge in [0.2, 0.25) is 20.0 Å². The van der Waals surface area contributed by atoms with E-state index in [1.807, 2.05) is 0 Å². The molecule has 1 aliphatic rings. The fourth-order valence-corrected chi connectivity index (χ4v) is 5.87. The molecule has 0 bridgehead atoms. The molecule has 34 heavy (non-hydrogen) atoms. The normalized spacial score (nSPS) is 15.9. The Labute approximate surface area is 201 Å². The van der Waals surface area contributed by atoms with E-state index in [4.69, 9.17) is 14.2 Å². The van der Waals surface area contributed by atoms with Gasteiger partial charge in [-0.2, -0.15) is 4.31 Å². The van der Waals surface area contributed by atoms with E-state index in [2.05, 4.69) is 4.90 Å². The Bertz CT molecular complexity index is 1180. The maximum atomic E-state index is 13.0. The molecular formula is C22H31N3O7S2. The first-order chi connectivity index (χ1) is 16.1. The predicted octanol–water partition coefficient (Wildman–Crippen LogP) is 1.34. The standard InChI is InChI=1S/C22H31N3O7S2/c1-23(2)33(26,27)19-7-5-18(6-8-19)32-16-15-24-11-13-25(14-12-24)34(28,29)20-9-10-21(30-3)22(17-20)31-4/h5-10,17H,11-16H2,1-4H3. The van der Waals surface area contributed by atoms with Crippen molar-refractivity contribution in [2.75, 3.05) is 67.6 Å². The maximum absolute atomic E-state index is 13.0. The second-order valence-corrected chi connectivity index (χ2v) is 12.0. The number of sulfonamides is 2. The molecule has 0 spiro atoms. The summed E-state index contributed by atoms with van der Waals surface area (Å²) < 4.78 is 69.1. The minimum atomic E-state index is -3.64. The van der Waals surface area contributed by atoms with Crippen molar-refractivity contribution in [3.63, 3.8) is 0 Å². The molecule has 2 aromatic carbocycles. The summed E-state index contributed by atoms with van der Waals surface area (Å²) in [6.07, 6.45) is 0. The summed E-state index contributed by atoms with van der Waals surface area (Å²) in [6, 6.07) is 10.9. The lowest BCUT2D eigenvalue weighted by atomic mass is 10.3. The summed E-state index contributed by atoms with van der Waals surface area (Å²) >= 11 is 0. The van der Waals surface area contributed by atoms with Gasteiger partial charge in [0.25, 0.3) is 0 Å². The monoisotopic (exact) mass is 513 g/mol. The van der Waals surface area contributed by atoms with E-state index in [1.165, 1.54) is 56.9 Å². The van der Waals surface area contributed by atoms with Crippen LogP contribution in [0.15, 0.2) is 52.3 Å². The lowest BCUT2D eigenvalue weighted by Crippen LogP contribution is -2.49. The molecule has 0 atom stereocenters. The van der Waals surface area contributed by atoms with Gasteiger partial charge in [-0.05, 0) is 36.4 Å². The van der Waals surface area contributed by atoms with E-state index in [0.29, 0.717) is 56.6 Å². The number of benzene rings is 2. The van der Waals surface area contributed by atoms with Gasteiger partial charge in [-0.25, -0.2) is 21.1 Å². The molecule has 0 radical (unpaired) electrons. The summed E-state index contributed by atoms with van der Waals surface area (Å²) in [6.45, 7) is 2.93. The number of hydrogen-bond donors (Lipinski definition) is 0. The van der Waals surface area contributed by atoms with Gasteiger partial charge in [0.15, 0.2) is 11.5 Å². The minimum absolute atomic E-state index is 0.168. The first-order valence-electron chi connectivity index (χ1n) is 10.7. The summed E-state index contributed by atoms with van der Waals surface area (Å²) in [4.78, 5) is 2.50. The molecule has 0 aromatic heterocycles. The molecule has 188 valence electrons. The largest absolute Gasteiger partial charge is 0.493 e. The zero-order chi connectivity index (χ0) is 24.9. The molecule has 10 nitrogen and oxygen atoms in total. The Kier molecular flexibility index (Phi) is 8.42. The van der Waals surface area contributed by atoms with Crippen LogP contribution in [0, 0.1) is 0 Å². The Morgan fingerprint density at radius 2 is 1.41 bits per heavy atom. The Morgan fingerprint density at radius 1 is 0.824 bits per heavy atom. The number of nitrogens with zero attached hydrogens (tertiary/aromatic N) is 3. The highest BCUT2D eigenvalue weighted by molar-refractivity contribution is 7.89. The van der Waals surface area contributed by atoms with Gasteiger partial charge < -0.3 is 14.2 Å². The molecule has 0 unspecified atom stereocenters. The molecule has 0 saturated carbocycles. The van der Waals surface area contributed by atoms with Crippen molar-refractivity contribution in [3.05, 3.63) is 42.5 Å². The fourth-order valence-electron chi connectivity index (χ4n) is 3.53. The highest BCUT2D eigenvalue weighted by Gasteiger charge is 2.29. The van der Waals surface area contributed by atoms with Gasteiger partial charge in [0.05, 0.1) is 24.0 Å². The SMILES string of the molecule is COc1ccc(S(=O)(=O)N2CCN(CCOc3ccc(S(=O)(=O)N(C)C)cc3)CC2)cc1OC. The number of rotatable bonds is 10. The van der Waals surface area contributed by atoms with Crippen molar-refractivity contribution < 1.29 is 31.0 Å². The van der Waals surface area contributed by atoms with Crippen LogP contribution < -0.4 is 14.2 Å². The van der Waals surface area contributed by atoms with Gasteiger partial charge in [-0.1, -0.05) is 0 Å². The van der Waals surface area contributed by atoms with Crippen LogP contribution >= 0.6 is 0 Å².